The lowest BCUT2D eigenvalue weighted by atomic mass is 9.90. The number of allylic oxidation sites excluding steroid dienone is 1. The summed E-state index contributed by atoms with van der Waals surface area (Å²) < 4.78 is 6.35. The second kappa shape index (κ2) is 11.7. The van der Waals surface area contributed by atoms with Crippen molar-refractivity contribution < 1.29 is 4.42 Å². The summed E-state index contributed by atoms with van der Waals surface area (Å²) >= 11 is 0. The molecule has 0 saturated heterocycles. The first-order chi connectivity index (χ1) is 22.3. The minimum atomic E-state index is 0.0473. The second-order valence-electron chi connectivity index (χ2n) is 11.4. The Morgan fingerprint density at radius 2 is 1.00 bits per heavy atom. The maximum Gasteiger partial charge on any atom is 0.136 e. The highest BCUT2D eigenvalue weighted by atomic mass is 16.3. The SMILES string of the molecule is C1=C(c2ccc3c(c2)oc2ccccc23)CC(N(c2ccccc2)c2ccccc2)C=C1N(c1ccccc1)c1ccccc1. The Bertz CT molecular complexity index is 2050. The zero-order chi connectivity index (χ0) is 30.0. The van der Waals surface area contributed by atoms with Crippen molar-refractivity contribution in [3.8, 4) is 0 Å². The maximum atomic E-state index is 6.35. The van der Waals surface area contributed by atoms with Crippen LogP contribution in [0.15, 0.2) is 186 Å². The molecule has 0 spiro atoms. The van der Waals surface area contributed by atoms with E-state index in [1.54, 1.807) is 0 Å². The van der Waals surface area contributed by atoms with Gasteiger partial charge in [0.15, 0.2) is 0 Å². The number of nitrogens with zero attached hydrogens (tertiary/aromatic N) is 2. The fraction of sp³-hybridized carbons (Fsp3) is 0.0476. The number of para-hydroxylation sites is 5. The quantitative estimate of drug-likeness (QED) is 0.187. The predicted octanol–water partition coefficient (Wildman–Crippen LogP) is 11.3. The molecule has 1 unspecified atom stereocenters. The molecule has 8 rings (SSSR count). The average Bonchev–Trinajstić information content (AvgIpc) is 3.48. The normalized spacial score (nSPS) is 14.6. The fourth-order valence-electron chi connectivity index (χ4n) is 6.51. The Morgan fingerprint density at radius 1 is 0.489 bits per heavy atom. The van der Waals surface area contributed by atoms with Gasteiger partial charge in [-0.3, -0.25) is 0 Å². The van der Waals surface area contributed by atoms with Gasteiger partial charge in [0.1, 0.15) is 11.2 Å². The third-order valence-electron chi connectivity index (χ3n) is 8.55. The number of benzene rings is 6. The van der Waals surface area contributed by atoms with Gasteiger partial charge in [-0.25, -0.2) is 0 Å². The Labute approximate surface area is 263 Å². The molecule has 0 bridgehead atoms. The van der Waals surface area contributed by atoms with E-state index in [2.05, 4.69) is 174 Å². The summed E-state index contributed by atoms with van der Waals surface area (Å²) in [4.78, 5) is 4.82. The Hall–Kier alpha value is -5.80. The van der Waals surface area contributed by atoms with Crippen LogP contribution in [0, 0.1) is 0 Å². The largest absolute Gasteiger partial charge is 0.456 e. The van der Waals surface area contributed by atoms with E-state index < -0.39 is 0 Å². The molecular weight excluding hydrogens is 548 g/mol. The lowest BCUT2D eigenvalue weighted by molar-refractivity contribution is 0.668. The van der Waals surface area contributed by atoms with Gasteiger partial charge in [0, 0.05) is 39.2 Å². The van der Waals surface area contributed by atoms with E-state index in [-0.39, 0.29) is 6.04 Å². The van der Waals surface area contributed by atoms with Gasteiger partial charge in [-0.2, -0.15) is 0 Å². The van der Waals surface area contributed by atoms with E-state index in [1.807, 2.05) is 12.1 Å². The number of furan rings is 1. The summed E-state index contributed by atoms with van der Waals surface area (Å²) in [6, 6.07) is 57.7. The molecule has 0 saturated carbocycles. The molecule has 1 aliphatic carbocycles. The van der Waals surface area contributed by atoms with Gasteiger partial charge >= 0.3 is 0 Å². The van der Waals surface area contributed by atoms with Crippen molar-refractivity contribution in [1.29, 1.82) is 0 Å². The van der Waals surface area contributed by atoms with E-state index in [4.69, 9.17) is 4.42 Å². The van der Waals surface area contributed by atoms with E-state index in [0.717, 1.165) is 56.8 Å². The van der Waals surface area contributed by atoms with Crippen molar-refractivity contribution >= 4 is 50.3 Å². The van der Waals surface area contributed by atoms with Crippen LogP contribution in [0.3, 0.4) is 0 Å². The first-order valence-corrected chi connectivity index (χ1v) is 15.5. The Balaban J connectivity index is 1.32. The molecule has 45 heavy (non-hydrogen) atoms. The molecule has 3 heteroatoms. The third kappa shape index (κ3) is 5.19. The van der Waals surface area contributed by atoms with Crippen molar-refractivity contribution in [2.45, 2.75) is 12.5 Å². The Morgan fingerprint density at radius 3 is 1.60 bits per heavy atom. The molecular formula is C42H32N2O. The molecule has 0 fully saturated rings. The van der Waals surface area contributed by atoms with Crippen LogP contribution in [0.4, 0.5) is 22.7 Å². The smallest absolute Gasteiger partial charge is 0.136 e. The average molecular weight is 581 g/mol. The van der Waals surface area contributed by atoms with Crippen LogP contribution in [0.5, 0.6) is 0 Å². The van der Waals surface area contributed by atoms with Crippen LogP contribution in [-0.2, 0) is 0 Å². The molecule has 0 aliphatic heterocycles. The summed E-state index contributed by atoms with van der Waals surface area (Å²) in [5.41, 5.74) is 9.92. The highest BCUT2D eigenvalue weighted by Crippen LogP contribution is 2.41. The highest BCUT2D eigenvalue weighted by Gasteiger charge is 2.27. The van der Waals surface area contributed by atoms with Crippen LogP contribution >= 0.6 is 0 Å². The second-order valence-corrected chi connectivity index (χ2v) is 11.4. The van der Waals surface area contributed by atoms with Crippen molar-refractivity contribution in [2.24, 2.45) is 0 Å². The molecule has 0 amide bonds. The number of fused-ring (bicyclic) bond motifs is 3. The van der Waals surface area contributed by atoms with Crippen molar-refractivity contribution in [3.63, 3.8) is 0 Å². The minimum Gasteiger partial charge on any atom is -0.456 e. The van der Waals surface area contributed by atoms with E-state index in [9.17, 15) is 0 Å². The molecule has 6 aromatic carbocycles. The molecule has 0 radical (unpaired) electrons. The van der Waals surface area contributed by atoms with Crippen LogP contribution < -0.4 is 9.80 Å². The van der Waals surface area contributed by atoms with Crippen LogP contribution in [-0.4, -0.2) is 6.04 Å². The summed E-state index contributed by atoms with van der Waals surface area (Å²) in [6.45, 7) is 0. The standard InChI is InChI=1S/C42H32N2O/c1-5-15-33(16-6-1)43(34-17-7-2-8-18-34)37-27-32(31-25-26-40-39-23-13-14-24-41(39)45-42(40)29-31)28-38(30-37)44(35-19-9-3-10-20-35)36-21-11-4-12-22-36/h1-27,29-30,38H,28H2. The van der Waals surface area contributed by atoms with Gasteiger partial charge in [0.05, 0.1) is 6.04 Å². The molecule has 7 aromatic rings. The summed E-state index contributed by atoms with van der Waals surface area (Å²) in [6.07, 6.45) is 5.61. The van der Waals surface area contributed by atoms with Gasteiger partial charge in [0.25, 0.3) is 0 Å². The Kier molecular flexibility index (Phi) is 6.97. The van der Waals surface area contributed by atoms with Crippen molar-refractivity contribution in [3.05, 3.63) is 187 Å². The molecule has 1 aliphatic rings. The van der Waals surface area contributed by atoms with Crippen molar-refractivity contribution in [1.82, 2.24) is 0 Å². The zero-order valence-corrected chi connectivity index (χ0v) is 24.8. The fourth-order valence-corrected chi connectivity index (χ4v) is 6.51. The van der Waals surface area contributed by atoms with E-state index in [0.29, 0.717) is 0 Å². The topological polar surface area (TPSA) is 19.6 Å². The maximum absolute atomic E-state index is 6.35. The molecule has 3 nitrogen and oxygen atoms in total. The summed E-state index contributed by atoms with van der Waals surface area (Å²) in [5, 5.41) is 2.29. The lowest BCUT2D eigenvalue weighted by Gasteiger charge is -2.37. The van der Waals surface area contributed by atoms with Gasteiger partial charge in [-0.05, 0) is 96.4 Å². The summed E-state index contributed by atoms with van der Waals surface area (Å²) in [7, 11) is 0. The van der Waals surface area contributed by atoms with E-state index in [1.165, 1.54) is 11.1 Å². The molecule has 1 heterocycles. The monoisotopic (exact) mass is 580 g/mol. The molecule has 1 atom stereocenters. The lowest BCUT2D eigenvalue weighted by Crippen LogP contribution is -2.33. The van der Waals surface area contributed by atoms with Gasteiger partial charge in [0.2, 0.25) is 0 Å². The van der Waals surface area contributed by atoms with E-state index >= 15 is 0 Å². The van der Waals surface area contributed by atoms with Gasteiger partial charge in [-0.1, -0.05) is 97.1 Å². The van der Waals surface area contributed by atoms with Crippen molar-refractivity contribution in [2.75, 3.05) is 9.80 Å². The third-order valence-corrected chi connectivity index (χ3v) is 8.55. The predicted molar refractivity (Wildman–Crippen MR) is 188 cm³/mol. The van der Waals surface area contributed by atoms with Crippen LogP contribution in [0.25, 0.3) is 27.5 Å². The zero-order valence-electron chi connectivity index (χ0n) is 24.8. The molecule has 0 N–H and O–H groups in total. The number of hydrogen-bond acceptors (Lipinski definition) is 3. The van der Waals surface area contributed by atoms with Gasteiger partial charge in [-0.15, -0.1) is 0 Å². The first kappa shape index (κ1) is 26.8. The summed E-state index contributed by atoms with van der Waals surface area (Å²) in [5.74, 6) is 0. The molecule has 1 aromatic heterocycles. The number of rotatable bonds is 7. The minimum absolute atomic E-state index is 0.0473. The number of anilines is 4. The van der Waals surface area contributed by atoms with Gasteiger partial charge < -0.3 is 14.2 Å². The van der Waals surface area contributed by atoms with Crippen LogP contribution in [0.2, 0.25) is 0 Å². The highest BCUT2D eigenvalue weighted by molar-refractivity contribution is 6.05. The van der Waals surface area contributed by atoms with Crippen LogP contribution in [0.1, 0.15) is 12.0 Å². The first-order valence-electron chi connectivity index (χ1n) is 15.5. The molecule has 216 valence electrons. The number of hydrogen-bond donors (Lipinski definition) is 0.